The van der Waals surface area contributed by atoms with Crippen molar-refractivity contribution in [1.82, 2.24) is 4.98 Å². The number of hydrogen-bond donors (Lipinski definition) is 1. The Morgan fingerprint density at radius 2 is 2.31 bits per heavy atom. The lowest BCUT2D eigenvalue weighted by Gasteiger charge is -1.86. The molecular formula is C9H9FN2S. The molecule has 2 aromatic rings. The van der Waals surface area contributed by atoms with Gasteiger partial charge in [0, 0.05) is 12.5 Å². The molecule has 2 rings (SSSR count). The Morgan fingerprint density at radius 1 is 1.46 bits per heavy atom. The number of rotatable bonds is 2. The van der Waals surface area contributed by atoms with Crippen LogP contribution in [0, 0.1) is 5.82 Å². The largest absolute Gasteiger partial charge is 0.330 e. The van der Waals surface area contributed by atoms with Crippen LogP contribution in [0.1, 0.15) is 5.01 Å². The molecule has 0 spiro atoms. The molecule has 0 saturated carbocycles. The highest BCUT2D eigenvalue weighted by molar-refractivity contribution is 7.18. The van der Waals surface area contributed by atoms with Crippen molar-refractivity contribution in [3.63, 3.8) is 0 Å². The normalized spacial score (nSPS) is 10.9. The van der Waals surface area contributed by atoms with Gasteiger partial charge in [0.2, 0.25) is 0 Å². The minimum atomic E-state index is -0.239. The van der Waals surface area contributed by atoms with Gasteiger partial charge < -0.3 is 5.73 Å². The van der Waals surface area contributed by atoms with Crippen molar-refractivity contribution in [3.05, 3.63) is 29.0 Å². The van der Waals surface area contributed by atoms with Crippen molar-refractivity contribution >= 4 is 21.6 Å². The van der Waals surface area contributed by atoms with E-state index in [1.165, 1.54) is 12.1 Å². The van der Waals surface area contributed by atoms with Crippen molar-refractivity contribution in [2.24, 2.45) is 5.73 Å². The minimum absolute atomic E-state index is 0.239. The second kappa shape index (κ2) is 3.40. The molecule has 0 unspecified atom stereocenters. The lowest BCUT2D eigenvalue weighted by Crippen LogP contribution is -2.01. The van der Waals surface area contributed by atoms with E-state index in [4.69, 9.17) is 5.73 Å². The lowest BCUT2D eigenvalue weighted by molar-refractivity contribution is 0.629. The SMILES string of the molecule is NCCc1nc2cc(F)ccc2s1. The molecule has 0 bridgehead atoms. The summed E-state index contributed by atoms with van der Waals surface area (Å²) in [6.45, 7) is 0.586. The van der Waals surface area contributed by atoms with Gasteiger partial charge in [-0.25, -0.2) is 9.37 Å². The molecule has 0 radical (unpaired) electrons. The standard InChI is InChI=1S/C9H9FN2S/c10-6-1-2-8-7(5-6)12-9(13-8)3-4-11/h1-2,5H,3-4,11H2. The van der Waals surface area contributed by atoms with E-state index < -0.39 is 0 Å². The van der Waals surface area contributed by atoms with E-state index in [1.54, 1.807) is 17.4 Å². The maximum absolute atomic E-state index is 12.8. The topological polar surface area (TPSA) is 38.9 Å². The van der Waals surface area contributed by atoms with Crippen LogP contribution in [0.25, 0.3) is 10.2 Å². The van der Waals surface area contributed by atoms with Crippen molar-refractivity contribution in [3.8, 4) is 0 Å². The minimum Gasteiger partial charge on any atom is -0.330 e. The van der Waals surface area contributed by atoms with Gasteiger partial charge in [-0.2, -0.15) is 0 Å². The first-order chi connectivity index (χ1) is 6.29. The second-order valence-electron chi connectivity index (χ2n) is 2.76. The molecule has 13 heavy (non-hydrogen) atoms. The van der Waals surface area contributed by atoms with E-state index in [0.717, 1.165) is 21.6 Å². The Kier molecular flexibility index (Phi) is 2.24. The number of hydrogen-bond acceptors (Lipinski definition) is 3. The Bertz CT molecular complexity index is 424. The van der Waals surface area contributed by atoms with E-state index in [0.29, 0.717) is 6.54 Å². The van der Waals surface area contributed by atoms with Crippen LogP contribution >= 0.6 is 11.3 Å². The Hall–Kier alpha value is -1.00. The van der Waals surface area contributed by atoms with E-state index in [2.05, 4.69) is 4.98 Å². The first-order valence-electron chi connectivity index (χ1n) is 4.04. The summed E-state index contributed by atoms with van der Waals surface area (Å²) in [5, 5.41) is 0.975. The first kappa shape index (κ1) is 8.59. The summed E-state index contributed by atoms with van der Waals surface area (Å²) in [6, 6.07) is 4.65. The van der Waals surface area contributed by atoms with Gasteiger partial charge in [-0.3, -0.25) is 0 Å². The van der Waals surface area contributed by atoms with E-state index in [9.17, 15) is 4.39 Å². The zero-order chi connectivity index (χ0) is 9.26. The van der Waals surface area contributed by atoms with Crippen LogP contribution in [0.15, 0.2) is 18.2 Å². The summed E-state index contributed by atoms with van der Waals surface area (Å²) in [5.74, 6) is -0.239. The summed E-state index contributed by atoms with van der Waals surface area (Å²) in [6.07, 6.45) is 0.765. The zero-order valence-electron chi connectivity index (χ0n) is 6.96. The molecule has 0 atom stereocenters. The smallest absolute Gasteiger partial charge is 0.125 e. The molecule has 0 aliphatic heterocycles. The van der Waals surface area contributed by atoms with Crippen LogP contribution in [-0.2, 0) is 6.42 Å². The average molecular weight is 196 g/mol. The number of fused-ring (bicyclic) bond motifs is 1. The summed E-state index contributed by atoms with van der Waals surface area (Å²) >= 11 is 1.57. The number of halogens is 1. The Morgan fingerprint density at radius 3 is 3.08 bits per heavy atom. The molecule has 1 aromatic heterocycles. The van der Waals surface area contributed by atoms with Gasteiger partial charge >= 0.3 is 0 Å². The highest BCUT2D eigenvalue weighted by Crippen LogP contribution is 2.22. The van der Waals surface area contributed by atoms with Crippen LogP contribution in [0.5, 0.6) is 0 Å². The molecule has 1 aromatic carbocycles. The fraction of sp³-hybridized carbons (Fsp3) is 0.222. The molecule has 2 nitrogen and oxygen atoms in total. The van der Waals surface area contributed by atoms with Crippen LogP contribution in [-0.4, -0.2) is 11.5 Å². The summed E-state index contributed by atoms with van der Waals surface area (Å²) in [5.41, 5.74) is 6.13. The molecule has 68 valence electrons. The molecule has 2 N–H and O–H groups in total. The third-order valence-corrected chi connectivity index (χ3v) is 2.85. The van der Waals surface area contributed by atoms with Gasteiger partial charge in [0.05, 0.1) is 15.2 Å². The van der Waals surface area contributed by atoms with Gasteiger partial charge in [0.15, 0.2) is 0 Å². The van der Waals surface area contributed by atoms with Gasteiger partial charge in [-0.05, 0) is 18.7 Å². The molecule has 0 aliphatic rings. The number of nitrogens with zero attached hydrogens (tertiary/aromatic N) is 1. The Labute approximate surface area is 79.2 Å². The van der Waals surface area contributed by atoms with Gasteiger partial charge in [0.1, 0.15) is 5.82 Å². The molecule has 0 fully saturated rings. The highest BCUT2D eigenvalue weighted by atomic mass is 32.1. The quantitative estimate of drug-likeness (QED) is 0.797. The molecular weight excluding hydrogens is 187 g/mol. The maximum atomic E-state index is 12.8. The summed E-state index contributed by atoms with van der Waals surface area (Å²) in [4.78, 5) is 4.26. The number of thiazole rings is 1. The maximum Gasteiger partial charge on any atom is 0.125 e. The number of aromatic nitrogens is 1. The van der Waals surface area contributed by atoms with Crippen LogP contribution in [0.2, 0.25) is 0 Å². The number of benzene rings is 1. The lowest BCUT2D eigenvalue weighted by atomic mass is 10.3. The average Bonchev–Trinajstić information content (AvgIpc) is 2.46. The molecule has 0 aliphatic carbocycles. The van der Waals surface area contributed by atoms with Crippen LogP contribution < -0.4 is 5.73 Å². The van der Waals surface area contributed by atoms with Crippen molar-refractivity contribution in [2.75, 3.05) is 6.54 Å². The summed E-state index contributed by atoms with van der Waals surface area (Å²) < 4.78 is 13.8. The molecule has 0 saturated heterocycles. The fourth-order valence-corrected chi connectivity index (χ4v) is 2.14. The summed E-state index contributed by atoms with van der Waals surface area (Å²) in [7, 11) is 0. The second-order valence-corrected chi connectivity index (χ2v) is 3.87. The van der Waals surface area contributed by atoms with E-state index >= 15 is 0 Å². The third kappa shape index (κ3) is 1.68. The third-order valence-electron chi connectivity index (χ3n) is 1.75. The van der Waals surface area contributed by atoms with Gasteiger partial charge in [-0.15, -0.1) is 11.3 Å². The van der Waals surface area contributed by atoms with Crippen molar-refractivity contribution in [1.29, 1.82) is 0 Å². The predicted molar refractivity (Wildman–Crippen MR) is 52.3 cm³/mol. The first-order valence-corrected chi connectivity index (χ1v) is 4.86. The molecule has 1 heterocycles. The fourth-order valence-electron chi connectivity index (χ4n) is 1.18. The van der Waals surface area contributed by atoms with Gasteiger partial charge in [0.25, 0.3) is 0 Å². The molecule has 4 heteroatoms. The van der Waals surface area contributed by atoms with E-state index in [-0.39, 0.29) is 5.82 Å². The zero-order valence-corrected chi connectivity index (χ0v) is 7.77. The van der Waals surface area contributed by atoms with Crippen molar-refractivity contribution < 1.29 is 4.39 Å². The van der Waals surface area contributed by atoms with E-state index in [1.807, 2.05) is 0 Å². The van der Waals surface area contributed by atoms with Crippen LogP contribution in [0.3, 0.4) is 0 Å². The van der Waals surface area contributed by atoms with Crippen molar-refractivity contribution in [2.45, 2.75) is 6.42 Å². The van der Waals surface area contributed by atoms with Crippen LogP contribution in [0.4, 0.5) is 4.39 Å². The number of nitrogens with two attached hydrogens (primary N) is 1. The monoisotopic (exact) mass is 196 g/mol. The Balaban J connectivity index is 2.49. The molecule has 0 amide bonds. The van der Waals surface area contributed by atoms with Gasteiger partial charge in [-0.1, -0.05) is 0 Å². The predicted octanol–water partition coefficient (Wildman–Crippen LogP) is 1.94. The highest BCUT2D eigenvalue weighted by Gasteiger charge is 2.03.